The number of ether oxygens (including phenoxy) is 1. The van der Waals surface area contributed by atoms with Crippen LogP contribution in [0.5, 0.6) is 5.88 Å². The van der Waals surface area contributed by atoms with Crippen molar-refractivity contribution < 1.29 is 9.53 Å². The van der Waals surface area contributed by atoms with E-state index in [4.69, 9.17) is 4.74 Å². The van der Waals surface area contributed by atoms with Crippen LogP contribution < -0.4 is 9.64 Å². The molecule has 1 heterocycles. The van der Waals surface area contributed by atoms with Crippen molar-refractivity contribution in [3.05, 3.63) is 24.4 Å². The molecule has 1 atom stereocenters. The van der Waals surface area contributed by atoms with E-state index in [-0.39, 0.29) is 12.0 Å². The molecular formula is C18H31N5O2. The van der Waals surface area contributed by atoms with Crippen LogP contribution >= 0.6 is 0 Å². The maximum Gasteiger partial charge on any atom is 0.236 e. The van der Waals surface area contributed by atoms with Gasteiger partial charge in [0.05, 0.1) is 6.54 Å². The summed E-state index contributed by atoms with van der Waals surface area (Å²) in [7, 11) is 9.23. The zero-order valence-corrected chi connectivity index (χ0v) is 16.3. The lowest BCUT2D eigenvalue weighted by atomic mass is 10.2. The van der Waals surface area contributed by atoms with Crippen LogP contribution in [-0.2, 0) is 4.79 Å². The molecule has 0 aliphatic carbocycles. The number of likely N-dealkylation sites (N-methyl/N-ethyl adjacent to an activating group) is 2. The van der Waals surface area contributed by atoms with E-state index >= 15 is 0 Å². The van der Waals surface area contributed by atoms with E-state index in [9.17, 15) is 4.79 Å². The molecule has 0 saturated carbocycles. The molecule has 25 heavy (non-hydrogen) atoms. The molecule has 7 nitrogen and oxygen atoms in total. The largest absolute Gasteiger partial charge is 0.473 e. The first-order chi connectivity index (χ1) is 11.7. The van der Waals surface area contributed by atoms with Crippen LogP contribution in [0.3, 0.4) is 0 Å². The van der Waals surface area contributed by atoms with Gasteiger partial charge in [-0.2, -0.15) is 4.98 Å². The highest BCUT2D eigenvalue weighted by molar-refractivity contribution is 5.77. The number of aryl methyl sites for hydroxylation is 1. The molecule has 0 aliphatic heterocycles. The average molecular weight is 349 g/mol. The van der Waals surface area contributed by atoms with Gasteiger partial charge in [-0.05, 0) is 26.8 Å². The molecule has 1 amide bonds. The highest BCUT2D eigenvalue weighted by Gasteiger charge is 2.17. The number of anilines is 1. The van der Waals surface area contributed by atoms with Crippen molar-refractivity contribution in [2.24, 2.45) is 0 Å². The maximum absolute atomic E-state index is 11.9. The molecule has 1 rings (SSSR count). The molecule has 0 aliphatic rings. The van der Waals surface area contributed by atoms with Gasteiger partial charge in [-0.1, -0.05) is 6.08 Å². The molecule has 0 saturated heterocycles. The van der Waals surface area contributed by atoms with E-state index in [0.717, 1.165) is 18.5 Å². The van der Waals surface area contributed by atoms with E-state index in [1.54, 1.807) is 19.0 Å². The van der Waals surface area contributed by atoms with Crippen LogP contribution in [0, 0.1) is 6.92 Å². The third-order valence-electron chi connectivity index (χ3n) is 3.62. The highest BCUT2D eigenvalue weighted by atomic mass is 16.5. The highest BCUT2D eigenvalue weighted by Crippen LogP contribution is 2.17. The molecule has 140 valence electrons. The van der Waals surface area contributed by atoms with E-state index < -0.39 is 0 Å². The Bertz CT molecular complexity index is 575. The summed E-state index contributed by atoms with van der Waals surface area (Å²) in [5.41, 5.74) is 0.854. The van der Waals surface area contributed by atoms with Gasteiger partial charge in [0.1, 0.15) is 6.10 Å². The van der Waals surface area contributed by atoms with Crippen LogP contribution in [0.2, 0.25) is 0 Å². The number of aromatic nitrogens is 2. The van der Waals surface area contributed by atoms with E-state index in [0.29, 0.717) is 24.9 Å². The second-order valence-electron chi connectivity index (χ2n) is 6.63. The van der Waals surface area contributed by atoms with Crippen LogP contribution in [0.25, 0.3) is 0 Å². The number of carbonyl (C=O) groups is 1. The lowest BCUT2D eigenvalue weighted by Gasteiger charge is -2.25. The van der Waals surface area contributed by atoms with Crippen molar-refractivity contribution in [1.29, 1.82) is 0 Å². The Morgan fingerprint density at radius 2 is 1.96 bits per heavy atom. The van der Waals surface area contributed by atoms with Crippen molar-refractivity contribution in [1.82, 2.24) is 19.8 Å². The van der Waals surface area contributed by atoms with Crippen LogP contribution in [0.1, 0.15) is 18.5 Å². The van der Waals surface area contributed by atoms with E-state index in [2.05, 4.69) is 16.5 Å². The molecule has 0 bridgehead atoms. The predicted molar refractivity (Wildman–Crippen MR) is 101 cm³/mol. The fourth-order valence-corrected chi connectivity index (χ4v) is 2.23. The topological polar surface area (TPSA) is 61.8 Å². The molecule has 0 aromatic carbocycles. The van der Waals surface area contributed by atoms with Gasteiger partial charge in [0.2, 0.25) is 17.7 Å². The number of carbonyl (C=O) groups excluding carboxylic acids is 1. The number of hydrogen-bond donors (Lipinski definition) is 0. The molecule has 1 aromatic rings. The first-order valence-corrected chi connectivity index (χ1v) is 8.42. The number of hydrogen-bond acceptors (Lipinski definition) is 6. The summed E-state index contributed by atoms with van der Waals surface area (Å²) in [5.74, 6) is 1.24. The molecule has 0 fully saturated rings. The quantitative estimate of drug-likeness (QED) is 0.598. The Morgan fingerprint density at radius 1 is 1.28 bits per heavy atom. The Labute approximate surface area is 151 Å². The fraction of sp³-hybridized carbons (Fsp3) is 0.611. The van der Waals surface area contributed by atoms with Crippen LogP contribution in [0.4, 0.5) is 5.95 Å². The van der Waals surface area contributed by atoms with E-state index in [1.165, 1.54) is 0 Å². The summed E-state index contributed by atoms with van der Waals surface area (Å²) in [6, 6.07) is 1.83. The number of amides is 1. The van der Waals surface area contributed by atoms with Gasteiger partial charge in [0.15, 0.2) is 0 Å². The minimum atomic E-state index is -0.0812. The van der Waals surface area contributed by atoms with Gasteiger partial charge < -0.3 is 14.5 Å². The molecule has 0 unspecified atom stereocenters. The summed E-state index contributed by atoms with van der Waals surface area (Å²) in [4.78, 5) is 26.1. The van der Waals surface area contributed by atoms with Gasteiger partial charge in [0, 0.05) is 46.5 Å². The Kier molecular flexibility index (Phi) is 8.34. The Morgan fingerprint density at radius 3 is 2.52 bits per heavy atom. The number of rotatable bonds is 10. The number of allylic oxidation sites excluding steroid dienone is 1. The first-order valence-electron chi connectivity index (χ1n) is 8.42. The van der Waals surface area contributed by atoms with Gasteiger partial charge >= 0.3 is 0 Å². The minimum Gasteiger partial charge on any atom is -0.473 e. The maximum atomic E-state index is 11.9. The second kappa shape index (κ2) is 9.98. The Balaban J connectivity index is 2.81. The molecule has 7 heteroatoms. The SMILES string of the molecule is C=CCC[C@H](CN(C)CC(=O)N(C)C)Oc1cc(C)nc(N(C)C)n1. The van der Waals surface area contributed by atoms with E-state index in [1.807, 2.05) is 50.0 Å². The summed E-state index contributed by atoms with van der Waals surface area (Å²) in [6.07, 6.45) is 3.44. The minimum absolute atomic E-state index is 0.0674. The Hall–Kier alpha value is -2.15. The van der Waals surface area contributed by atoms with Crippen molar-refractivity contribution >= 4 is 11.9 Å². The zero-order chi connectivity index (χ0) is 19.0. The smallest absolute Gasteiger partial charge is 0.236 e. The molecule has 0 spiro atoms. The molecule has 1 aromatic heterocycles. The molecule has 0 N–H and O–H groups in total. The third kappa shape index (κ3) is 7.51. The van der Waals surface area contributed by atoms with Gasteiger partial charge in [0.25, 0.3) is 0 Å². The summed E-state index contributed by atoms with van der Waals surface area (Å²) in [6.45, 7) is 6.68. The zero-order valence-electron chi connectivity index (χ0n) is 16.3. The van der Waals surface area contributed by atoms with Crippen molar-refractivity contribution in [2.45, 2.75) is 25.9 Å². The van der Waals surface area contributed by atoms with Gasteiger partial charge in [-0.25, -0.2) is 4.98 Å². The van der Waals surface area contributed by atoms with Crippen LogP contribution in [-0.4, -0.2) is 80.1 Å². The van der Waals surface area contributed by atoms with Crippen molar-refractivity contribution in [2.75, 3.05) is 53.2 Å². The van der Waals surface area contributed by atoms with Gasteiger partial charge in [-0.15, -0.1) is 6.58 Å². The second-order valence-corrected chi connectivity index (χ2v) is 6.63. The average Bonchev–Trinajstić information content (AvgIpc) is 2.51. The lowest BCUT2D eigenvalue weighted by Crippen LogP contribution is -2.39. The van der Waals surface area contributed by atoms with Crippen molar-refractivity contribution in [3.63, 3.8) is 0 Å². The van der Waals surface area contributed by atoms with Crippen LogP contribution in [0.15, 0.2) is 18.7 Å². The standard InChI is InChI=1S/C18H31N5O2/c1-8-9-10-15(12-23(7)13-17(24)21(3)4)25-16-11-14(2)19-18(20-16)22(5)6/h8,11,15H,1,9-10,12-13H2,2-7H3/t15-/m1/s1. The number of nitrogens with zero attached hydrogens (tertiary/aromatic N) is 5. The monoisotopic (exact) mass is 349 g/mol. The lowest BCUT2D eigenvalue weighted by molar-refractivity contribution is -0.129. The summed E-state index contributed by atoms with van der Waals surface area (Å²) >= 11 is 0. The fourth-order valence-electron chi connectivity index (χ4n) is 2.23. The summed E-state index contributed by atoms with van der Waals surface area (Å²) < 4.78 is 6.11. The predicted octanol–water partition coefficient (Wildman–Crippen LogP) is 1.58. The molecule has 0 radical (unpaired) electrons. The first kappa shape index (κ1) is 20.9. The van der Waals surface area contributed by atoms with Crippen molar-refractivity contribution in [3.8, 4) is 5.88 Å². The third-order valence-corrected chi connectivity index (χ3v) is 3.62. The summed E-state index contributed by atoms with van der Waals surface area (Å²) in [5, 5.41) is 0. The van der Waals surface area contributed by atoms with Gasteiger partial charge in [-0.3, -0.25) is 9.69 Å². The molecular weight excluding hydrogens is 318 g/mol. The normalized spacial score (nSPS) is 12.0.